The summed E-state index contributed by atoms with van der Waals surface area (Å²) in [5, 5.41) is 14.0. The molecular formula is C18H13ClFN3O2. The Kier molecular flexibility index (Phi) is 5.88. The molecule has 0 aliphatic heterocycles. The number of benzene rings is 2. The van der Waals surface area contributed by atoms with Gasteiger partial charge in [-0.25, -0.2) is 4.39 Å². The van der Waals surface area contributed by atoms with Crippen LogP contribution in [0.5, 0.6) is 0 Å². The molecule has 0 aliphatic rings. The van der Waals surface area contributed by atoms with E-state index < -0.39 is 11.7 Å². The van der Waals surface area contributed by atoms with E-state index in [0.29, 0.717) is 11.1 Å². The first-order valence-electron chi connectivity index (χ1n) is 7.15. The molecule has 0 saturated heterocycles. The van der Waals surface area contributed by atoms with Crippen molar-refractivity contribution < 1.29 is 14.0 Å². The van der Waals surface area contributed by atoms with Crippen LogP contribution in [0, 0.1) is 17.1 Å². The lowest BCUT2D eigenvalue weighted by molar-refractivity contribution is -0.112. The molecule has 25 heavy (non-hydrogen) atoms. The molecule has 0 bridgehead atoms. The molecule has 2 aromatic carbocycles. The molecule has 0 fully saturated rings. The van der Waals surface area contributed by atoms with Gasteiger partial charge in [0.2, 0.25) is 0 Å². The second kappa shape index (κ2) is 8.08. The fourth-order valence-corrected chi connectivity index (χ4v) is 2.14. The molecule has 0 aliphatic carbocycles. The summed E-state index contributed by atoms with van der Waals surface area (Å²) in [6.07, 6.45) is 1.38. The first kappa shape index (κ1) is 18.2. The standard InChI is InChI=1S/C18H13ClFN3O2/c1-22-17(24)12-4-2-11(3-5-12)8-13(10-21)18(25)23-14-6-7-16(20)15(19)9-14/h2-9H,1H3,(H,22,24)(H,23,25). The summed E-state index contributed by atoms with van der Waals surface area (Å²) in [6, 6.07) is 11.9. The number of carbonyl (C=O) groups excluding carboxylic acids is 2. The second-order valence-electron chi connectivity index (χ2n) is 4.95. The van der Waals surface area contributed by atoms with Crippen LogP contribution in [0.25, 0.3) is 6.08 Å². The van der Waals surface area contributed by atoms with Gasteiger partial charge in [-0.05, 0) is 42.0 Å². The highest BCUT2D eigenvalue weighted by molar-refractivity contribution is 6.31. The van der Waals surface area contributed by atoms with Crippen molar-refractivity contribution in [2.24, 2.45) is 0 Å². The summed E-state index contributed by atoms with van der Waals surface area (Å²) in [4.78, 5) is 23.6. The van der Waals surface area contributed by atoms with E-state index in [-0.39, 0.29) is 22.2 Å². The molecule has 0 saturated carbocycles. The molecule has 0 aromatic heterocycles. The van der Waals surface area contributed by atoms with Gasteiger partial charge in [-0.1, -0.05) is 23.7 Å². The minimum atomic E-state index is -0.652. The maximum Gasteiger partial charge on any atom is 0.266 e. The number of hydrogen-bond acceptors (Lipinski definition) is 3. The lowest BCUT2D eigenvalue weighted by Gasteiger charge is -2.05. The van der Waals surface area contributed by atoms with E-state index in [0.717, 1.165) is 6.07 Å². The highest BCUT2D eigenvalue weighted by Crippen LogP contribution is 2.20. The van der Waals surface area contributed by atoms with Crippen molar-refractivity contribution in [1.29, 1.82) is 5.26 Å². The molecule has 126 valence electrons. The van der Waals surface area contributed by atoms with Crippen LogP contribution in [0.4, 0.5) is 10.1 Å². The molecule has 2 aromatic rings. The van der Waals surface area contributed by atoms with Crippen LogP contribution in [0.1, 0.15) is 15.9 Å². The number of halogens is 2. The Balaban J connectivity index is 2.18. The SMILES string of the molecule is CNC(=O)c1ccc(C=C(C#N)C(=O)Nc2ccc(F)c(Cl)c2)cc1. The van der Waals surface area contributed by atoms with Crippen molar-refractivity contribution in [2.45, 2.75) is 0 Å². The Labute approximate surface area is 148 Å². The molecule has 2 amide bonds. The summed E-state index contributed by atoms with van der Waals surface area (Å²) in [5.41, 5.74) is 1.17. The van der Waals surface area contributed by atoms with Gasteiger partial charge in [0.15, 0.2) is 0 Å². The summed E-state index contributed by atoms with van der Waals surface area (Å²) in [5.74, 6) is -1.49. The van der Waals surface area contributed by atoms with Gasteiger partial charge >= 0.3 is 0 Å². The Morgan fingerprint density at radius 1 is 1.20 bits per heavy atom. The van der Waals surface area contributed by atoms with Crippen LogP contribution in [-0.2, 0) is 4.79 Å². The van der Waals surface area contributed by atoms with Crippen molar-refractivity contribution in [3.8, 4) is 6.07 Å². The second-order valence-corrected chi connectivity index (χ2v) is 5.36. The molecule has 0 atom stereocenters. The van der Waals surface area contributed by atoms with Gasteiger partial charge in [-0.15, -0.1) is 0 Å². The van der Waals surface area contributed by atoms with Crippen LogP contribution in [0.2, 0.25) is 5.02 Å². The summed E-state index contributed by atoms with van der Waals surface area (Å²) < 4.78 is 13.1. The monoisotopic (exact) mass is 357 g/mol. The Hall–Kier alpha value is -3.17. The van der Waals surface area contributed by atoms with Crippen molar-refractivity contribution in [3.05, 3.63) is 70.0 Å². The molecule has 2 N–H and O–H groups in total. The average molecular weight is 358 g/mol. The van der Waals surface area contributed by atoms with E-state index in [9.17, 15) is 19.2 Å². The maximum atomic E-state index is 13.1. The number of hydrogen-bond donors (Lipinski definition) is 2. The van der Waals surface area contributed by atoms with Crippen molar-refractivity contribution in [1.82, 2.24) is 5.32 Å². The van der Waals surface area contributed by atoms with E-state index in [1.165, 1.54) is 25.3 Å². The molecule has 0 unspecified atom stereocenters. The number of nitrogens with zero attached hydrogens (tertiary/aromatic N) is 1. The van der Waals surface area contributed by atoms with Gasteiger partial charge in [0.05, 0.1) is 5.02 Å². The fraction of sp³-hybridized carbons (Fsp3) is 0.0556. The third-order valence-corrected chi connectivity index (χ3v) is 3.54. The predicted molar refractivity (Wildman–Crippen MR) is 93.5 cm³/mol. The minimum absolute atomic E-state index is 0.134. The van der Waals surface area contributed by atoms with Crippen LogP contribution < -0.4 is 10.6 Å². The topological polar surface area (TPSA) is 82.0 Å². The molecule has 0 radical (unpaired) electrons. The number of nitrogens with one attached hydrogen (secondary N) is 2. The quantitative estimate of drug-likeness (QED) is 0.650. The molecular weight excluding hydrogens is 345 g/mol. The normalized spacial score (nSPS) is 10.7. The number of carbonyl (C=O) groups is 2. The summed E-state index contributed by atoms with van der Waals surface area (Å²) in [6.45, 7) is 0. The van der Waals surface area contributed by atoms with Gasteiger partial charge in [-0.2, -0.15) is 5.26 Å². The fourth-order valence-electron chi connectivity index (χ4n) is 1.96. The molecule has 5 nitrogen and oxygen atoms in total. The van der Waals surface area contributed by atoms with Crippen molar-refractivity contribution in [3.63, 3.8) is 0 Å². The Morgan fingerprint density at radius 3 is 2.44 bits per heavy atom. The first-order valence-corrected chi connectivity index (χ1v) is 7.52. The van der Waals surface area contributed by atoms with Gasteiger partial charge < -0.3 is 10.6 Å². The van der Waals surface area contributed by atoms with E-state index in [1.807, 2.05) is 6.07 Å². The van der Waals surface area contributed by atoms with Crippen LogP contribution in [-0.4, -0.2) is 18.9 Å². The molecule has 7 heteroatoms. The highest BCUT2D eigenvalue weighted by Gasteiger charge is 2.11. The van der Waals surface area contributed by atoms with E-state index in [2.05, 4.69) is 10.6 Å². The van der Waals surface area contributed by atoms with Crippen molar-refractivity contribution >= 4 is 35.2 Å². The number of nitriles is 1. The average Bonchev–Trinajstić information content (AvgIpc) is 2.62. The van der Waals surface area contributed by atoms with Crippen LogP contribution in [0.3, 0.4) is 0 Å². The van der Waals surface area contributed by atoms with Gasteiger partial charge in [0.25, 0.3) is 11.8 Å². The molecule has 2 rings (SSSR count). The lowest BCUT2D eigenvalue weighted by atomic mass is 10.1. The zero-order valence-corrected chi connectivity index (χ0v) is 13.9. The highest BCUT2D eigenvalue weighted by atomic mass is 35.5. The maximum absolute atomic E-state index is 13.1. The zero-order chi connectivity index (χ0) is 18.4. The predicted octanol–water partition coefficient (Wildman–Crippen LogP) is 3.38. The summed E-state index contributed by atoms with van der Waals surface area (Å²) >= 11 is 5.65. The van der Waals surface area contributed by atoms with Crippen LogP contribution >= 0.6 is 11.6 Å². The van der Waals surface area contributed by atoms with Gasteiger partial charge in [0.1, 0.15) is 17.5 Å². The van der Waals surface area contributed by atoms with E-state index in [4.69, 9.17) is 11.6 Å². The largest absolute Gasteiger partial charge is 0.355 e. The molecule has 0 spiro atoms. The first-order chi connectivity index (χ1) is 11.9. The third-order valence-electron chi connectivity index (χ3n) is 3.25. The van der Waals surface area contributed by atoms with Crippen LogP contribution in [0.15, 0.2) is 48.0 Å². The van der Waals surface area contributed by atoms with E-state index >= 15 is 0 Å². The summed E-state index contributed by atoms with van der Waals surface area (Å²) in [7, 11) is 1.52. The third kappa shape index (κ3) is 4.66. The van der Waals surface area contributed by atoms with E-state index in [1.54, 1.807) is 24.3 Å². The number of amides is 2. The van der Waals surface area contributed by atoms with Crippen molar-refractivity contribution in [2.75, 3.05) is 12.4 Å². The Bertz CT molecular complexity index is 886. The van der Waals surface area contributed by atoms with Gasteiger partial charge in [0, 0.05) is 18.3 Å². The molecule has 0 heterocycles. The lowest BCUT2D eigenvalue weighted by Crippen LogP contribution is -2.17. The number of anilines is 1. The zero-order valence-electron chi connectivity index (χ0n) is 13.1. The Morgan fingerprint density at radius 2 is 1.88 bits per heavy atom. The number of rotatable bonds is 4. The smallest absolute Gasteiger partial charge is 0.266 e. The minimum Gasteiger partial charge on any atom is -0.355 e. The van der Waals surface area contributed by atoms with Gasteiger partial charge in [-0.3, -0.25) is 9.59 Å².